The second-order valence-electron chi connectivity index (χ2n) is 6.37. The van der Waals surface area contributed by atoms with E-state index >= 15 is 0 Å². The first-order chi connectivity index (χ1) is 13.3. The van der Waals surface area contributed by atoms with Crippen molar-refractivity contribution < 1.29 is 0 Å². The maximum absolute atomic E-state index is 6.47. The standard InChI is InChI=1S/C26H19N/c1-2-19-11-9-10-16-22(19)23-17-18-24(27)26(21-14-7-4-8-15-21)25(23)20-12-5-3-6-13-20/h1,3-18H,27H2. The Morgan fingerprint density at radius 1 is 0.556 bits per heavy atom. The third-order valence-corrected chi connectivity index (χ3v) is 4.74. The lowest BCUT2D eigenvalue weighted by molar-refractivity contribution is 1.54. The predicted molar refractivity (Wildman–Crippen MR) is 115 cm³/mol. The van der Waals surface area contributed by atoms with Crippen LogP contribution >= 0.6 is 0 Å². The molecule has 0 aromatic heterocycles. The largest absolute Gasteiger partial charge is 0.398 e. The highest BCUT2D eigenvalue weighted by Gasteiger charge is 2.17. The monoisotopic (exact) mass is 345 g/mol. The Morgan fingerprint density at radius 2 is 1.11 bits per heavy atom. The van der Waals surface area contributed by atoms with Crippen molar-refractivity contribution in [3.8, 4) is 45.7 Å². The molecule has 4 rings (SSSR count). The summed E-state index contributed by atoms with van der Waals surface area (Å²) in [5.74, 6) is 2.82. The van der Waals surface area contributed by atoms with Crippen LogP contribution in [0.4, 0.5) is 5.69 Å². The smallest absolute Gasteiger partial charge is 0.0400 e. The van der Waals surface area contributed by atoms with E-state index in [9.17, 15) is 0 Å². The molecule has 0 bridgehead atoms. The van der Waals surface area contributed by atoms with E-state index in [2.05, 4.69) is 42.3 Å². The molecule has 0 fully saturated rings. The average Bonchev–Trinajstić information content (AvgIpc) is 2.74. The quantitative estimate of drug-likeness (QED) is 0.344. The maximum atomic E-state index is 6.47. The van der Waals surface area contributed by atoms with E-state index < -0.39 is 0 Å². The summed E-state index contributed by atoms with van der Waals surface area (Å²) in [6, 6.07) is 32.7. The van der Waals surface area contributed by atoms with Crippen LogP contribution in [-0.2, 0) is 0 Å². The molecule has 128 valence electrons. The summed E-state index contributed by atoms with van der Waals surface area (Å²) < 4.78 is 0. The van der Waals surface area contributed by atoms with Gasteiger partial charge in [-0.05, 0) is 39.9 Å². The molecule has 0 saturated heterocycles. The van der Waals surface area contributed by atoms with Gasteiger partial charge in [0.2, 0.25) is 0 Å². The fraction of sp³-hybridized carbons (Fsp3) is 0. The molecule has 0 radical (unpaired) electrons. The Balaban J connectivity index is 2.11. The Hall–Kier alpha value is -3.76. The van der Waals surface area contributed by atoms with Gasteiger partial charge in [-0.1, -0.05) is 90.8 Å². The van der Waals surface area contributed by atoms with Crippen LogP contribution in [0, 0.1) is 12.3 Å². The average molecular weight is 345 g/mol. The first kappa shape index (κ1) is 16.7. The Bertz CT molecular complexity index is 1120. The number of benzene rings is 4. The molecule has 4 aromatic rings. The van der Waals surface area contributed by atoms with Crippen LogP contribution in [0.2, 0.25) is 0 Å². The van der Waals surface area contributed by atoms with Crippen LogP contribution < -0.4 is 5.73 Å². The van der Waals surface area contributed by atoms with Crippen molar-refractivity contribution in [3.63, 3.8) is 0 Å². The van der Waals surface area contributed by atoms with Crippen molar-refractivity contribution in [3.05, 3.63) is 103 Å². The summed E-state index contributed by atoms with van der Waals surface area (Å²) in [5, 5.41) is 0. The summed E-state index contributed by atoms with van der Waals surface area (Å²) in [6.45, 7) is 0. The van der Waals surface area contributed by atoms with Crippen LogP contribution in [0.25, 0.3) is 33.4 Å². The number of anilines is 1. The van der Waals surface area contributed by atoms with Gasteiger partial charge in [0.15, 0.2) is 0 Å². The minimum Gasteiger partial charge on any atom is -0.398 e. The number of nitrogen functional groups attached to an aromatic ring is 1. The molecule has 2 N–H and O–H groups in total. The van der Waals surface area contributed by atoms with Gasteiger partial charge in [0, 0.05) is 16.8 Å². The molecule has 0 spiro atoms. The van der Waals surface area contributed by atoms with Crippen LogP contribution in [0.1, 0.15) is 5.56 Å². The first-order valence-electron chi connectivity index (χ1n) is 8.89. The van der Waals surface area contributed by atoms with Gasteiger partial charge in [-0.15, -0.1) is 6.42 Å². The highest BCUT2D eigenvalue weighted by molar-refractivity contribution is 6.00. The molecular weight excluding hydrogens is 326 g/mol. The zero-order chi connectivity index (χ0) is 18.6. The van der Waals surface area contributed by atoms with Crippen molar-refractivity contribution in [1.82, 2.24) is 0 Å². The van der Waals surface area contributed by atoms with Gasteiger partial charge in [0.1, 0.15) is 0 Å². The molecule has 27 heavy (non-hydrogen) atoms. The number of terminal acetylenes is 1. The van der Waals surface area contributed by atoms with Gasteiger partial charge < -0.3 is 5.73 Å². The lowest BCUT2D eigenvalue weighted by atomic mass is 9.85. The van der Waals surface area contributed by atoms with E-state index in [1.807, 2.05) is 60.7 Å². The molecule has 1 nitrogen and oxygen atoms in total. The number of rotatable bonds is 3. The van der Waals surface area contributed by atoms with E-state index in [4.69, 9.17) is 12.2 Å². The van der Waals surface area contributed by atoms with E-state index in [1.54, 1.807) is 0 Å². The molecule has 0 unspecified atom stereocenters. The molecule has 0 aliphatic rings. The topological polar surface area (TPSA) is 26.0 Å². The summed E-state index contributed by atoms with van der Waals surface area (Å²) in [6.07, 6.45) is 5.78. The van der Waals surface area contributed by atoms with Gasteiger partial charge in [0.25, 0.3) is 0 Å². The Kier molecular flexibility index (Phi) is 4.47. The SMILES string of the molecule is C#Cc1ccccc1-c1ccc(N)c(-c2ccccc2)c1-c1ccccc1. The highest BCUT2D eigenvalue weighted by Crippen LogP contribution is 2.43. The Labute approximate surface area is 160 Å². The van der Waals surface area contributed by atoms with Gasteiger partial charge >= 0.3 is 0 Å². The van der Waals surface area contributed by atoms with Gasteiger partial charge in [-0.25, -0.2) is 0 Å². The number of hydrogen-bond donors (Lipinski definition) is 1. The van der Waals surface area contributed by atoms with Crippen LogP contribution in [0.3, 0.4) is 0 Å². The van der Waals surface area contributed by atoms with Crippen LogP contribution in [0.15, 0.2) is 97.1 Å². The van der Waals surface area contributed by atoms with E-state index in [0.29, 0.717) is 0 Å². The van der Waals surface area contributed by atoms with E-state index in [1.165, 1.54) is 0 Å². The van der Waals surface area contributed by atoms with Gasteiger partial charge in [-0.2, -0.15) is 0 Å². The summed E-state index contributed by atoms with van der Waals surface area (Å²) in [4.78, 5) is 0. The predicted octanol–water partition coefficient (Wildman–Crippen LogP) is 6.25. The third kappa shape index (κ3) is 3.10. The third-order valence-electron chi connectivity index (χ3n) is 4.74. The zero-order valence-corrected chi connectivity index (χ0v) is 14.9. The number of hydrogen-bond acceptors (Lipinski definition) is 1. The van der Waals surface area contributed by atoms with Crippen LogP contribution in [-0.4, -0.2) is 0 Å². The zero-order valence-electron chi connectivity index (χ0n) is 14.9. The molecule has 0 saturated carbocycles. The van der Waals surface area contributed by atoms with Crippen molar-refractivity contribution in [2.45, 2.75) is 0 Å². The number of nitrogens with two attached hydrogens (primary N) is 1. The fourth-order valence-corrected chi connectivity index (χ4v) is 3.51. The molecule has 0 aliphatic heterocycles. The molecular formula is C26H19N. The van der Waals surface area contributed by atoms with Crippen molar-refractivity contribution >= 4 is 5.69 Å². The molecule has 0 heterocycles. The van der Waals surface area contributed by atoms with Gasteiger partial charge in [-0.3, -0.25) is 0 Å². The summed E-state index contributed by atoms with van der Waals surface area (Å²) in [5.41, 5.74) is 14.6. The lowest BCUT2D eigenvalue weighted by Crippen LogP contribution is -1.97. The molecule has 4 aromatic carbocycles. The van der Waals surface area contributed by atoms with Crippen molar-refractivity contribution in [1.29, 1.82) is 0 Å². The van der Waals surface area contributed by atoms with E-state index in [0.717, 1.165) is 44.6 Å². The fourth-order valence-electron chi connectivity index (χ4n) is 3.51. The minimum atomic E-state index is 0.752. The molecule has 1 heteroatoms. The van der Waals surface area contributed by atoms with Crippen LogP contribution in [0.5, 0.6) is 0 Å². The van der Waals surface area contributed by atoms with Crippen molar-refractivity contribution in [2.75, 3.05) is 5.73 Å². The minimum absolute atomic E-state index is 0.752. The summed E-state index contributed by atoms with van der Waals surface area (Å²) >= 11 is 0. The molecule has 0 aliphatic carbocycles. The molecule has 0 amide bonds. The highest BCUT2D eigenvalue weighted by atomic mass is 14.6. The second-order valence-corrected chi connectivity index (χ2v) is 6.37. The maximum Gasteiger partial charge on any atom is 0.0400 e. The first-order valence-corrected chi connectivity index (χ1v) is 8.89. The van der Waals surface area contributed by atoms with E-state index in [-0.39, 0.29) is 0 Å². The Morgan fingerprint density at radius 3 is 1.74 bits per heavy atom. The normalized spacial score (nSPS) is 10.3. The van der Waals surface area contributed by atoms with Crippen molar-refractivity contribution in [2.24, 2.45) is 0 Å². The summed E-state index contributed by atoms with van der Waals surface area (Å²) in [7, 11) is 0. The lowest BCUT2D eigenvalue weighted by Gasteiger charge is -2.19. The van der Waals surface area contributed by atoms with Gasteiger partial charge in [0.05, 0.1) is 0 Å². The second kappa shape index (κ2) is 7.23. The molecule has 0 atom stereocenters.